The summed E-state index contributed by atoms with van der Waals surface area (Å²) < 4.78 is 0. The topological polar surface area (TPSA) is 53.6 Å². The van der Waals surface area contributed by atoms with Crippen molar-refractivity contribution < 1.29 is 0 Å². The Hall–Kier alpha value is -0.900. The predicted octanol–water partition coefficient (Wildman–Crippen LogP) is 2.15. The molecule has 17 heavy (non-hydrogen) atoms. The SMILES string of the molecule is CC1CCC(CNCCCc2ncn[nH]2)CC1. The average Bonchev–Trinajstić information content (AvgIpc) is 2.84. The first-order valence-corrected chi connectivity index (χ1v) is 6.89. The van der Waals surface area contributed by atoms with Crippen LogP contribution >= 0.6 is 0 Å². The second-order valence-electron chi connectivity index (χ2n) is 5.37. The minimum Gasteiger partial charge on any atom is -0.316 e. The van der Waals surface area contributed by atoms with Crippen molar-refractivity contribution in [3.63, 3.8) is 0 Å². The number of rotatable bonds is 6. The first-order chi connectivity index (χ1) is 8.34. The van der Waals surface area contributed by atoms with Gasteiger partial charge in [0.05, 0.1) is 0 Å². The van der Waals surface area contributed by atoms with Crippen LogP contribution in [0, 0.1) is 11.8 Å². The molecule has 0 aromatic carbocycles. The molecule has 4 nitrogen and oxygen atoms in total. The van der Waals surface area contributed by atoms with Gasteiger partial charge in [-0.1, -0.05) is 19.8 Å². The lowest BCUT2D eigenvalue weighted by molar-refractivity contribution is 0.282. The standard InChI is InChI=1S/C13H24N4/c1-11-4-6-12(7-5-11)9-14-8-2-3-13-15-10-16-17-13/h10-12,14H,2-9H2,1H3,(H,15,16,17). The summed E-state index contributed by atoms with van der Waals surface area (Å²) in [5.41, 5.74) is 0. The molecule has 0 bridgehead atoms. The maximum Gasteiger partial charge on any atom is 0.137 e. The van der Waals surface area contributed by atoms with Crippen molar-refractivity contribution in [2.45, 2.75) is 45.4 Å². The van der Waals surface area contributed by atoms with Crippen molar-refractivity contribution in [3.8, 4) is 0 Å². The van der Waals surface area contributed by atoms with Gasteiger partial charge in [-0.2, -0.15) is 5.10 Å². The number of aromatic amines is 1. The molecule has 0 aliphatic heterocycles. The Morgan fingerprint density at radius 1 is 1.35 bits per heavy atom. The van der Waals surface area contributed by atoms with Crippen LogP contribution < -0.4 is 5.32 Å². The van der Waals surface area contributed by atoms with Crippen molar-refractivity contribution in [2.24, 2.45) is 11.8 Å². The fraction of sp³-hybridized carbons (Fsp3) is 0.846. The van der Waals surface area contributed by atoms with Gasteiger partial charge in [0.25, 0.3) is 0 Å². The molecule has 1 fully saturated rings. The smallest absolute Gasteiger partial charge is 0.137 e. The van der Waals surface area contributed by atoms with Gasteiger partial charge in [-0.3, -0.25) is 5.10 Å². The summed E-state index contributed by atoms with van der Waals surface area (Å²) in [5, 5.41) is 10.3. The van der Waals surface area contributed by atoms with Crippen LogP contribution in [0.15, 0.2) is 6.33 Å². The zero-order chi connectivity index (χ0) is 11.9. The summed E-state index contributed by atoms with van der Waals surface area (Å²) in [4.78, 5) is 4.12. The van der Waals surface area contributed by atoms with E-state index >= 15 is 0 Å². The molecule has 1 heterocycles. The van der Waals surface area contributed by atoms with Gasteiger partial charge in [0.15, 0.2) is 0 Å². The summed E-state index contributed by atoms with van der Waals surface area (Å²) in [7, 11) is 0. The third-order valence-corrected chi connectivity index (χ3v) is 3.80. The summed E-state index contributed by atoms with van der Waals surface area (Å²) >= 11 is 0. The van der Waals surface area contributed by atoms with Crippen LogP contribution in [0.25, 0.3) is 0 Å². The van der Waals surface area contributed by atoms with E-state index in [1.54, 1.807) is 6.33 Å². The van der Waals surface area contributed by atoms with Gasteiger partial charge >= 0.3 is 0 Å². The number of hydrogen-bond donors (Lipinski definition) is 2. The molecular weight excluding hydrogens is 212 g/mol. The maximum absolute atomic E-state index is 4.12. The Bertz CT molecular complexity index is 288. The maximum atomic E-state index is 4.12. The highest BCUT2D eigenvalue weighted by molar-refractivity contribution is 4.80. The Balaban J connectivity index is 1.49. The third-order valence-electron chi connectivity index (χ3n) is 3.80. The van der Waals surface area contributed by atoms with Crippen molar-refractivity contribution in [1.29, 1.82) is 0 Å². The van der Waals surface area contributed by atoms with E-state index in [0.29, 0.717) is 0 Å². The zero-order valence-corrected chi connectivity index (χ0v) is 10.8. The predicted molar refractivity (Wildman–Crippen MR) is 68.7 cm³/mol. The molecule has 1 aliphatic carbocycles. The van der Waals surface area contributed by atoms with Crippen molar-refractivity contribution in [1.82, 2.24) is 20.5 Å². The molecule has 0 amide bonds. The van der Waals surface area contributed by atoms with E-state index < -0.39 is 0 Å². The van der Waals surface area contributed by atoms with E-state index in [-0.39, 0.29) is 0 Å². The summed E-state index contributed by atoms with van der Waals surface area (Å²) in [6.07, 6.45) is 9.38. The van der Waals surface area contributed by atoms with E-state index in [9.17, 15) is 0 Å². The summed E-state index contributed by atoms with van der Waals surface area (Å²) in [6.45, 7) is 4.66. The van der Waals surface area contributed by atoms with Gasteiger partial charge in [0.1, 0.15) is 12.2 Å². The fourth-order valence-corrected chi connectivity index (χ4v) is 2.57. The monoisotopic (exact) mass is 236 g/mol. The zero-order valence-electron chi connectivity index (χ0n) is 10.8. The van der Waals surface area contributed by atoms with Crippen LogP contribution in [0.3, 0.4) is 0 Å². The Kier molecular flexibility index (Phi) is 4.98. The number of nitrogens with zero attached hydrogens (tertiary/aromatic N) is 2. The van der Waals surface area contributed by atoms with Gasteiger partial charge in [0.2, 0.25) is 0 Å². The first kappa shape index (κ1) is 12.6. The minimum atomic E-state index is 0.913. The minimum absolute atomic E-state index is 0.913. The lowest BCUT2D eigenvalue weighted by atomic mass is 9.83. The largest absolute Gasteiger partial charge is 0.316 e. The third kappa shape index (κ3) is 4.46. The van der Waals surface area contributed by atoms with Crippen LogP contribution in [0.1, 0.15) is 44.9 Å². The molecule has 96 valence electrons. The van der Waals surface area contributed by atoms with E-state index in [2.05, 4.69) is 27.4 Å². The van der Waals surface area contributed by atoms with Crippen molar-refractivity contribution >= 4 is 0 Å². The van der Waals surface area contributed by atoms with Gasteiger partial charge < -0.3 is 5.32 Å². The van der Waals surface area contributed by atoms with E-state index in [1.165, 1.54) is 32.2 Å². The number of hydrogen-bond acceptors (Lipinski definition) is 3. The van der Waals surface area contributed by atoms with Gasteiger partial charge in [0, 0.05) is 6.42 Å². The van der Waals surface area contributed by atoms with E-state index in [0.717, 1.165) is 37.0 Å². The molecule has 1 aliphatic rings. The van der Waals surface area contributed by atoms with Crippen LogP contribution in [0.4, 0.5) is 0 Å². The summed E-state index contributed by atoms with van der Waals surface area (Å²) in [6, 6.07) is 0. The molecule has 4 heteroatoms. The highest BCUT2D eigenvalue weighted by Gasteiger charge is 2.17. The molecule has 1 aromatic heterocycles. The van der Waals surface area contributed by atoms with Crippen molar-refractivity contribution in [3.05, 3.63) is 12.2 Å². The molecule has 0 spiro atoms. The number of aromatic nitrogens is 3. The molecule has 2 N–H and O–H groups in total. The highest BCUT2D eigenvalue weighted by atomic mass is 15.2. The van der Waals surface area contributed by atoms with E-state index in [4.69, 9.17) is 0 Å². The lowest BCUT2D eigenvalue weighted by Crippen LogP contribution is -2.27. The molecule has 1 saturated carbocycles. The molecule has 0 atom stereocenters. The molecule has 0 radical (unpaired) electrons. The molecule has 0 unspecified atom stereocenters. The second kappa shape index (κ2) is 6.74. The molecule has 2 rings (SSSR count). The average molecular weight is 236 g/mol. The van der Waals surface area contributed by atoms with E-state index in [1.807, 2.05) is 0 Å². The van der Waals surface area contributed by atoms with Crippen LogP contribution in [0.5, 0.6) is 0 Å². The highest BCUT2D eigenvalue weighted by Crippen LogP contribution is 2.27. The number of nitrogens with one attached hydrogen (secondary N) is 2. The normalized spacial score (nSPS) is 25.0. The Labute approximate surface area is 104 Å². The molecule has 1 aromatic rings. The number of H-pyrrole nitrogens is 1. The van der Waals surface area contributed by atoms with Crippen LogP contribution in [-0.4, -0.2) is 28.3 Å². The lowest BCUT2D eigenvalue weighted by Gasteiger charge is -2.26. The molecular formula is C13H24N4. The van der Waals surface area contributed by atoms with Gasteiger partial charge in [-0.05, 0) is 44.2 Å². The first-order valence-electron chi connectivity index (χ1n) is 6.89. The number of aryl methyl sites for hydroxylation is 1. The molecule has 0 saturated heterocycles. The van der Waals surface area contributed by atoms with Crippen LogP contribution in [0.2, 0.25) is 0 Å². The quantitative estimate of drug-likeness (QED) is 0.744. The van der Waals surface area contributed by atoms with Gasteiger partial charge in [-0.25, -0.2) is 4.98 Å². The van der Waals surface area contributed by atoms with Gasteiger partial charge in [-0.15, -0.1) is 0 Å². The van der Waals surface area contributed by atoms with Crippen LogP contribution in [-0.2, 0) is 6.42 Å². The fourth-order valence-electron chi connectivity index (χ4n) is 2.57. The summed E-state index contributed by atoms with van der Waals surface area (Å²) in [5.74, 6) is 2.87. The van der Waals surface area contributed by atoms with Crippen molar-refractivity contribution in [2.75, 3.05) is 13.1 Å². The Morgan fingerprint density at radius 3 is 2.88 bits per heavy atom. The Morgan fingerprint density at radius 2 is 2.18 bits per heavy atom. The second-order valence-corrected chi connectivity index (χ2v) is 5.37.